The third kappa shape index (κ3) is 12.0. The number of hydrogen-bond acceptors (Lipinski definition) is 9. The van der Waals surface area contributed by atoms with Crippen molar-refractivity contribution in [2.75, 3.05) is 33.9 Å². The molecule has 5 heterocycles. The summed E-state index contributed by atoms with van der Waals surface area (Å²) in [4.78, 5) is 69.2. The van der Waals surface area contributed by atoms with Crippen LogP contribution >= 0.6 is 0 Å². The van der Waals surface area contributed by atoms with Crippen molar-refractivity contribution in [3.8, 4) is 45.2 Å². The Labute approximate surface area is 429 Å². The normalized spacial score (nSPS) is 17.5. The van der Waals surface area contributed by atoms with Crippen LogP contribution in [0.25, 0.3) is 45.2 Å². The largest absolute Gasteiger partial charge is 0.494 e. The minimum atomic E-state index is -0.707. The SMILES string of the molecule is CCCCCCOc1ccc(-n2c(-c3ccc(C4=CCCC([C@@H]5CCCN5C(=O)[C@@H](NC(=O)OC)C(C)C)=N4)cc3)ccc2-c2ccc(-c3cnc([C@@H]4CCCN4C(=O)[C@@H](NC(=O)OC)C(C)C)[nH]3)cc2)cc1. The first-order valence-electron chi connectivity index (χ1n) is 26.2. The van der Waals surface area contributed by atoms with E-state index in [-0.39, 0.29) is 35.7 Å². The highest BCUT2D eigenvalue weighted by Crippen LogP contribution is 2.37. The fraction of sp³-hybridized carbons (Fsp3) is 0.448. The molecule has 0 aliphatic carbocycles. The molecule has 0 spiro atoms. The van der Waals surface area contributed by atoms with Crippen LogP contribution in [0, 0.1) is 11.8 Å². The summed E-state index contributed by atoms with van der Waals surface area (Å²) in [6, 6.07) is 27.9. The second kappa shape index (κ2) is 24.0. The Kier molecular flexibility index (Phi) is 17.2. The Balaban J connectivity index is 1.04. The van der Waals surface area contributed by atoms with E-state index in [4.69, 9.17) is 24.2 Å². The number of rotatable bonds is 19. The number of aliphatic imine (C=N–C) groups is 1. The summed E-state index contributed by atoms with van der Waals surface area (Å²) < 4.78 is 18.1. The summed E-state index contributed by atoms with van der Waals surface area (Å²) in [5.74, 6) is 1.09. The smallest absolute Gasteiger partial charge is 0.407 e. The summed E-state index contributed by atoms with van der Waals surface area (Å²) in [5, 5.41) is 5.48. The van der Waals surface area contributed by atoms with E-state index in [1.807, 2.05) is 55.8 Å². The Morgan fingerprint density at radius 3 is 1.79 bits per heavy atom. The highest BCUT2D eigenvalue weighted by Gasteiger charge is 2.39. The Bertz CT molecular complexity index is 2760. The number of allylic oxidation sites excluding steroid dienone is 1. The van der Waals surface area contributed by atoms with Crippen LogP contribution < -0.4 is 15.4 Å². The number of methoxy groups -OCH3 is 2. The van der Waals surface area contributed by atoms with Crippen molar-refractivity contribution in [3.05, 3.63) is 109 Å². The molecule has 2 fully saturated rings. The number of nitrogens with zero attached hydrogens (tertiary/aromatic N) is 5. The molecule has 3 aliphatic rings. The van der Waals surface area contributed by atoms with E-state index in [1.165, 1.54) is 27.1 Å². The molecular formula is C58H72N8O7. The van der Waals surface area contributed by atoms with Gasteiger partial charge in [-0.25, -0.2) is 14.6 Å². The van der Waals surface area contributed by atoms with Gasteiger partial charge < -0.3 is 44.2 Å². The third-order valence-electron chi connectivity index (χ3n) is 14.4. The Morgan fingerprint density at radius 1 is 0.685 bits per heavy atom. The average molecular weight is 993 g/mol. The van der Waals surface area contributed by atoms with Gasteiger partial charge in [0, 0.05) is 24.5 Å². The number of H-pyrrole nitrogens is 1. The minimum Gasteiger partial charge on any atom is -0.494 e. The molecule has 0 saturated carbocycles. The molecule has 386 valence electrons. The molecule has 0 unspecified atom stereocenters. The van der Waals surface area contributed by atoms with Crippen LogP contribution in [-0.2, 0) is 19.1 Å². The van der Waals surface area contributed by atoms with Crippen LogP contribution in [0.15, 0.2) is 102 Å². The number of nitrogens with one attached hydrogen (secondary N) is 3. The van der Waals surface area contributed by atoms with E-state index in [2.05, 4.69) is 106 Å². The van der Waals surface area contributed by atoms with E-state index in [0.717, 1.165) is 114 Å². The second-order valence-electron chi connectivity index (χ2n) is 20.0. The molecule has 0 radical (unpaired) electrons. The van der Waals surface area contributed by atoms with Gasteiger partial charge in [0.2, 0.25) is 11.8 Å². The molecule has 73 heavy (non-hydrogen) atoms. The van der Waals surface area contributed by atoms with E-state index in [9.17, 15) is 19.2 Å². The predicted molar refractivity (Wildman–Crippen MR) is 285 cm³/mol. The van der Waals surface area contributed by atoms with Crippen molar-refractivity contribution >= 4 is 35.4 Å². The number of ether oxygens (including phenoxy) is 3. The molecule has 4 atom stereocenters. The highest BCUT2D eigenvalue weighted by molar-refractivity contribution is 5.99. The third-order valence-corrected chi connectivity index (χ3v) is 14.4. The van der Waals surface area contributed by atoms with E-state index >= 15 is 0 Å². The fourth-order valence-corrected chi connectivity index (χ4v) is 10.3. The quantitative estimate of drug-likeness (QED) is 0.0686. The number of alkyl carbamates (subject to hydrolysis) is 2. The van der Waals surface area contributed by atoms with Crippen molar-refractivity contribution in [2.45, 2.75) is 123 Å². The molecule has 2 aromatic heterocycles. The molecule has 2 saturated heterocycles. The first-order valence-corrected chi connectivity index (χ1v) is 26.2. The van der Waals surface area contributed by atoms with Crippen molar-refractivity contribution in [1.29, 1.82) is 0 Å². The van der Waals surface area contributed by atoms with Gasteiger partial charge in [0.05, 0.1) is 61.9 Å². The predicted octanol–water partition coefficient (Wildman–Crippen LogP) is 11.2. The molecule has 15 heteroatoms. The van der Waals surface area contributed by atoms with Crippen LogP contribution in [0.3, 0.4) is 0 Å². The topological polar surface area (TPSA) is 172 Å². The van der Waals surface area contributed by atoms with Gasteiger partial charge >= 0.3 is 12.2 Å². The number of carbonyl (C=O) groups excluding carboxylic acids is 4. The summed E-state index contributed by atoms with van der Waals surface area (Å²) in [5.41, 5.74) is 9.82. The summed E-state index contributed by atoms with van der Waals surface area (Å²) in [7, 11) is 2.61. The van der Waals surface area contributed by atoms with Gasteiger partial charge in [-0.15, -0.1) is 0 Å². The van der Waals surface area contributed by atoms with Crippen LogP contribution in [0.4, 0.5) is 9.59 Å². The number of amides is 4. The first-order chi connectivity index (χ1) is 35.4. The van der Waals surface area contributed by atoms with Gasteiger partial charge in [0.1, 0.15) is 23.7 Å². The maximum absolute atomic E-state index is 13.9. The number of hydrogen-bond donors (Lipinski definition) is 3. The molecule has 8 rings (SSSR count). The van der Waals surface area contributed by atoms with Crippen molar-refractivity contribution in [1.82, 2.24) is 35.0 Å². The van der Waals surface area contributed by atoms with Crippen LogP contribution in [0.5, 0.6) is 5.75 Å². The zero-order valence-electron chi connectivity index (χ0n) is 43.5. The number of aromatic amines is 1. The maximum Gasteiger partial charge on any atom is 0.407 e. The van der Waals surface area contributed by atoms with E-state index < -0.39 is 24.3 Å². The molecule has 3 aromatic carbocycles. The van der Waals surface area contributed by atoms with Gasteiger partial charge in [-0.05, 0) is 115 Å². The number of imidazole rings is 1. The number of unbranched alkanes of at least 4 members (excludes halogenated alkanes) is 3. The summed E-state index contributed by atoms with van der Waals surface area (Å²) in [6.07, 6.45) is 12.2. The van der Waals surface area contributed by atoms with Gasteiger partial charge in [0.25, 0.3) is 0 Å². The van der Waals surface area contributed by atoms with Crippen molar-refractivity contribution < 1.29 is 33.4 Å². The molecular weight excluding hydrogens is 921 g/mol. The standard InChI is InChI=1S/C58H72N8O7/c1-8-9-10-11-35-73-44-29-27-43(28-30-44)66-48(41-23-19-39(20-24-41)45-15-12-16-46(60-45)50-17-13-33-64(50)55(67)52(37(2)3)62-57(69)71-6)31-32-49(66)42-25-21-40(22-26-42)47-36-59-54(61-47)51-18-14-34-65(51)56(68)53(38(4)5)63-58(70)72-7/h15,19-32,36-38,50-53H,8-14,16-18,33-35H2,1-7H3,(H,59,61)(H,62,69)(H,63,70)/t50-,51-,52-,53-/m0/s1. The average Bonchev–Trinajstić information content (AvgIpc) is 4.27. The Hall–Kier alpha value is -7.16. The van der Waals surface area contributed by atoms with Crippen molar-refractivity contribution in [3.63, 3.8) is 0 Å². The highest BCUT2D eigenvalue weighted by atomic mass is 16.5. The number of carbonyl (C=O) groups is 4. The molecule has 3 aliphatic heterocycles. The maximum atomic E-state index is 13.9. The molecule has 15 nitrogen and oxygen atoms in total. The second-order valence-corrected chi connectivity index (χ2v) is 20.0. The summed E-state index contributed by atoms with van der Waals surface area (Å²) in [6.45, 7) is 11.8. The van der Waals surface area contributed by atoms with Gasteiger partial charge in [-0.3, -0.25) is 14.6 Å². The lowest BCUT2D eigenvalue weighted by molar-refractivity contribution is -0.135. The van der Waals surface area contributed by atoms with Crippen LogP contribution in [0.2, 0.25) is 0 Å². The zero-order valence-corrected chi connectivity index (χ0v) is 43.5. The molecule has 4 amide bonds. The lowest BCUT2D eigenvalue weighted by Gasteiger charge is -2.32. The molecule has 5 aromatic rings. The van der Waals surface area contributed by atoms with Gasteiger partial charge in [-0.1, -0.05) is 108 Å². The monoisotopic (exact) mass is 993 g/mol. The van der Waals surface area contributed by atoms with Crippen LogP contribution in [-0.4, -0.2) is 106 Å². The number of likely N-dealkylation sites (tertiary alicyclic amines) is 2. The van der Waals surface area contributed by atoms with Crippen LogP contribution in [0.1, 0.15) is 116 Å². The summed E-state index contributed by atoms with van der Waals surface area (Å²) >= 11 is 0. The lowest BCUT2D eigenvalue weighted by atomic mass is 9.97. The fourth-order valence-electron chi connectivity index (χ4n) is 10.3. The van der Waals surface area contributed by atoms with Crippen molar-refractivity contribution in [2.24, 2.45) is 16.8 Å². The minimum absolute atomic E-state index is 0.101. The van der Waals surface area contributed by atoms with E-state index in [1.54, 1.807) is 0 Å². The Morgan fingerprint density at radius 2 is 1.23 bits per heavy atom. The first kappa shape index (κ1) is 52.2. The zero-order chi connectivity index (χ0) is 51.6. The van der Waals surface area contributed by atoms with E-state index in [0.29, 0.717) is 25.5 Å². The lowest BCUT2D eigenvalue weighted by Crippen LogP contribution is -2.53. The number of benzene rings is 3. The molecule has 0 bridgehead atoms. The van der Waals surface area contributed by atoms with Gasteiger partial charge in [-0.2, -0.15) is 0 Å². The number of aromatic nitrogens is 3. The van der Waals surface area contributed by atoms with Gasteiger partial charge in [0.15, 0.2) is 0 Å². The molecule has 3 N–H and O–H groups in total.